The molecule has 0 spiro atoms. The molecule has 3 atom stereocenters. The minimum absolute atomic E-state index is 0.0236. The Balaban J connectivity index is 1.44. The molecule has 4 aliphatic carbocycles. The van der Waals surface area contributed by atoms with Gasteiger partial charge in [-0.15, -0.1) is 0 Å². The van der Waals surface area contributed by atoms with Crippen LogP contribution in [0.25, 0.3) is 6.08 Å². The molecule has 0 unspecified atom stereocenters. The maximum Gasteiger partial charge on any atom is 0.345 e. The minimum Gasteiger partial charge on any atom is -0.497 e. The summed E-state index contributed by atoms with van der Waals surface area (Å²) in [6, 6.07) is 7.09. The fourth-order valence-electron chi connectivity index (χ4n) is 8.70. The van der Waals surface area contributed by atoms with Crippen molar-refractivity contribution in [1.82, 2.24) is 4.31 Å². The first kappa shape index (κ1) is 32.0. The number of benzene rings is 1. The van der Waals surface area contributed by atoms with Gasteiger partial charge in [0.1, 0.15) is 17.4 Å². The molecule has 4 saturated carbocycles. The van der Waals surface area contributed by atoms with Gasteiger partial charge in [0.05, 0.1) is 20.0 Å². The summed E-state index contributed by atoms with van der Waals surface area (Å²) in [5, 5.41) is 0. The number of ether oxygens (including phenoxy) is 3. The largest absolute Gasteiger partial charge is 0.497 e. The Morgan fingerprint density at radius 2 is 1.47 bits per heavy atom. The second-order valence-electron chi connectivity index (χ2n) is 13.7. The summed E-state index contributed by atoms with van der Waals surface area (Å²) >= 11 is 0. The Hall–Kier alpha value is -2.39. The van der Waals surface area contributed by atoms with Gasteiger partial charge in [0.25, 0.3) is 0 Å². The van der Waals surface area contributed by atoms with E-state index >= 15 is 0 Å². The van der Waals surface area contributed by atoms with E-state index in [1.165, 1.54) is 13.2 Å². The number of sulfonamides is 1. The van der Waals surface area contributed by atoms with Gasteiger partial charge in [0.2, 0.25) is 10.0 Å². The van der Waals surface area contributed by atoms with Crippen LogP contribution in [0.4, 0.5) is 0 Å². The molecule has 0 N–H and O–H groups in total. The predicted octanol–water partition coefficient (Wildman–Crippen LogP) is 6.29. The van der Waals surface area contributed by atoms with Gasteiger partial charge in [-0.1, -0.05) is 64.5 Å². The lowest BCUT2D eigenvalue weighted by Gasteiger charge is -2.46. The fourth-order valence-corrected chi connectivity index (χ4v) is 11.5. The van der Waals surface area contributed by atoms with E-state index in [2.05, 4.69) is 13.8 Å². The van der Waals surface area contributed by atoms with E-state index in [4.69, 9.17) is 14.2 Å². The van der Waals surface area contributed by atoms with Crippen LogP contribution in [-0.2, 0) is 29.1 Å². The van der Waals surface area contributed by atoms with Crippen LogP contribution in [0.3, 0.4) is 0 Å². The van der Waals surface area contributed by atoms with Crippen molar-refractivity contribution in [3.8, 4) is 5.75 Å². The van der Waals surface area contributed by atoms with Crippen molar-refractivity contribution in [2.24, 2.45) is 16.7 Å². The fraction of sp³-hybridized carbons (Fsp3) is 0.706. The quantitative estimate of drug-likeness (QED) is 0.132. The van der Waals surface area contributed by atoms with Crippen LogP contribution in [-0.4, -0.2) is 62.8 Å². The summed E-state index contributed by atoms with van der Waals surface area (Å²) in [4.78, 5) is 26.4. The van der Waals surface area contributed by atoms with E-state index in [1.54, 1.807) is 31.4 Å². The highest BCUT2D eigenvalue weighted by Crippen LogP contribution is 2.67. The zero-order chi connectivity index (χ0) is 30.8. The van der Waals surface area contributed by atoms with Crippen molar-refractivity contribution < 1.29 is 32.2 Å². The molecular formula is C34H49NO7S. The van der Waals surface area contributed by atoms with Crippen LogP contribution in [0.15, 0.2) is 29.8 Å². The topological polar surface area (TPSA) is 99.2 Å². The van der Waals surface area contributed by atoms with Crippen molar-refractivity contribution in [2.75, 3.05) is 20.0 Å². The highest BCUT2D eigenvalue weighted by molar-refractivity contribution is 7.89. The first-order valence-electron chi connectivity index (χ1n) is 16.2. The third kappa shape index (κ3) is 6.26. The number of esters is 2. The number of rotatable bonds is 10. The number of carbonyl (C=O) groups excluding carboxylic acids is 2. The summed E-state index contributed by atoms with van der Waals surface area (Å²) in [5.41, 5.74) is -0.646. The molecular weight excluding hydrogens is 566 g/mol. The average molecular weight is 616 g/mol. The molecule has 5 rings (SSSR count). The third-order valence-electron chi connectivity index (χ3n) is 11.3. The highest BCUT2D eigenvalue weighted by atomic mass is 32.2. The maximum absolute atomic E-state index is 14.7. The maximum atomic E-state index is 14.7. The predicted molar refractivity (Wildman–Crippen MR) is 166 cm³/mol. The number of nitrogens with zero attached hydrogens (tertiary/aromatic N) is 1. The van der Waals surface area contributed by atoms with Gasteiger partial charge in [0.15, 0.2) is 0 Å². The number of fused-ring (bicyclic) bond motifs is 2. The smallest absolute Gasteiger partial charge is 0.345 e. The molecule has 0 saturated heterocycles. The molecule has 0 aromatic heterocycles. The van der Waals surface area contributed by atoms with Gasteiger partial charge in [-0.25, -0.2) is 18.0 Å². The summed E-state index contributed by atoms with van der Waals surface area (Å²) in [6.45, 7) is 4.29. The van der Waals surface area contributed by atoms with Crippen molar-refractivity contribution in [3.05, 3.63) is 35.4 Å². The van der Waals surface area contributed by atoms with E-state index < -0.39 is 33.5 Å². The first-order valence-corrected chi connectivity index (χ1v) is 17.8. The van der Waals surface area contributed by atoms with E-state index in [0.29, 0.717) is 24.2 Å². The van der Waals surface area contributed by atoms with Gasteiger partial charge in [0, 0.05) is 17.5 Å². The first-order chi connectivity index (χ1) is 20.5. The zero-order valence-corrected chi connectivity index (χ0v) is 27.1. The van der Waals surface area contributed by atoms with Gasteiger partial charge in [-0.3, -0.25) is 0 Å². The van der Waals surface area contributed by atoms with E-state index in [9.17, 15) is 18.0 Å². The Morgan fingerprint density at radius 1 is 0.884 bits per heavy atom. The molecule has 238 valence electrons. The van der Waals surface area contributed by atoms with E-state index in [0.717, 1.165) is 70.6 Å². The van der Waals surface area contributed by atoms with Crippen LogP contribution >= 0.6 is 0 Å². The summed E-state index contributed by atoms with van der Waals surface area (Å²) in [7, 11) is -0.860. The van der Waals surface area contributed by atoms with Crippen molar-refractivity contribution >= 4 is 28.0 Å². The van der Waals surface area contributed by atoms with Crippen LogP contribution < -0.4 is 4.74 Å². The Kier molecular flexibility index (Phi) is 9.62. The average Bonchev–Trinajstić information content (AvgIpc) is 3.35. The van der Waals surface area contributed by atoms with E-state index in [-0.39, 0.29) is 34.7 Å². The molecule has 4 aliphatic rings. The van der Waals surface area contributed by atoms with Crippen molar-refractivity contribution in [1.29, 1.82) is 0 Å². The highest BCUT2D eigenvalue weighted by Gasteiger charge is 2.67. The Labute approximate surface area is 257 Å². The lowest BCUT2D eigenvalue weighted by atomic mass is 9.69. The van der Waals surface area contributed by atoms with Gasteiger partial charge in [-0.2, -0.15) is 4.31 Å². The van der Waals surface area contributed by atoms with Crippen LogP contribution in [0.5, 0.6) is 5.75 Å². The van der Waals surface area contributed by atoms with Crippen LogP contribution in [0, 0.1) is 16.7 Å². The van der Waals surface area contributed by atoms with Crippen LogP contribution in [0.2, 0.25) is 0 Å². The lowest BCUT2D eigenvalue weighted by molar-refractivity contribution is -0.155. The molecule has 43 heavy (non-hydrogen) atoms. The summed E-state index contributed by atoms with van der Waals surface area (Å²) in [5.74, 6) is -0.688. The standard InChI is InChI=1S/C34H49NO7S/c1-33(2)25-19-20-34(33,23-43(38,39)35(26-11-7-5-8-12-26)27-13-9-6-10-14-27)30(22-25)42-32(37)29(31(36)41-4)21-24-15-17-28(40-3)18-16-24/h15-18,21,25-27,30H,5-14,19-20,22-23H2,1-4H3/b29-21+/t25-,30-,34-/m0/s1. The molecule has 0 heterocycles. The normalized spacial score (nSPS) is 28.2. The Bertz CT molecular complexity index is 1270. The van der Waals surface area contributed by atoms with Crippen LogP contribution in [0.1, 0.15) is 103 Å². The molecule has 1 aromatic carbocycles. The summed E-state index contributed by atoms with van der Waals surface area (Å²) in [6.07, 6.45) is 13.3. The number of methoxy groups -OCH3 is 2. The lowest BCUT2D eigenvalue weighted by Crippen LogP contribution is -2.54. The third-order valence-corrected chi connectivity index (χ3v) is 13.4. The number of hydrogen-bond acceptors (Lipinski definition) is 7. The van der Waals surface area contributed by atoms with Crippen molar-refractivity contribution in [3.63, 3.8) is 0 Å². The number of carbonyl (C=O) groups is 2. The molecule has 1 aromatic rings. The zero-order valence-electron chi connectivity index (χ0n) is 26.3. The van der Waals surface area contributed by atoms with E-state index in [1.807, 2.05) is 4.31 Å². The Morgan fingerprint density at radius 3 is 1.98 bits per heavy atom. The molecule has 8 nitrogen and oxygen atoms in total. The SMILES string of the molecule is COC(=O)/C(=C\c1ccc(OC)cc1)C(=O)O[C@H]1C[C@@H]2CC[C@@]1(CS(=O)(=O)N(C1CCCCC1)C1CCCCC1)C2(C)C. The molecule has 0 radical (unpaired) electrons. The van der Waals surface area contributed by atoms with Gasteiger partial charge in [-0.05, 0) is 80.1 Å². The molecule has 4 fully saturated rings. The van der Waals surface area contributed by atoms with Crippen molar-refractivity contribution in [2.45, 2.75) is 116 Å². The molecule has 0 aliphatic heterocycles. The second-order valence-corrected chi connectivity index (χ2v) is 15.6. The molecule has 0 amide bonds. The van der Waals surface area contributed by atoms with Gasteiger partial charge < -0.3 is 14.2 Å². The minimum atomic E-state index is -3.66. The van der Waals surface area contributed by atoms with Gasteiger partial charge >= 0.3 is 11.9 Å². The number of hydrogen-bond donors (Lipinski definition) is 0. The summed E-state index contributed by atoms with van der Waals surface area (Å²) < 4.78 is 47.6. The molecule has 2 bridgehead atoms. The monoisotopic (exact) mass is 615 g/mol. The molecule has 9 heteroatoms. The second kappa shape index (κ2) is 12.9.